The Bertz CT molecular complexity index is 384. The van der Waals surface area contributed by atoms with Gasteiger partial charge in [-0.25, -0.2) is 4.98 Å². The number of benzene rings is 1. The van der Waals surface area contributed by atoms with Crippen LogP contribution in [0, 0.1) is 13.1 Å². The summed E-state index contributed by atoms with van der Waals surface area (Å²) in [6.07, 6.45) is 2.90. The zero-order valence-corrected chi connectivity index (χ0v) is 6.83. The predicted octanol–water partition coefficient (Wildman–Crippen LogP) is 1.93. The van der Waals surface area contributed by atoms with E-state index >= 15 is 0 Å². The number of hydrogen-bond acceptors (Lipinski definition) is 2. The molecule has 2 nitrogen and oxygen atoms in total. The van der Waals surface area contributed by atoms with E-state index in [1.165, 1.54) is 0 Å². The average molecular weight is 157 g/mol. The maximum Gasteiger partial charge on any atom is 0.0926 e. The summed E-state index contributed by atoms with van der Waals surface area (Å²) in [5, 5.41) is 1.08. The molecule has 0 aliphatic rings. The summed E-state index contributed by atoms with van der Waals surface area (Å²) in [5.41, 5.74) is 8.38. The monoisotopic (exact) mass is 157 g/mol. The van der Waals surface area contributed by atoms with Crippen LogP contribution in [0.1, 0.15) is 5.56 Å². The normalized spacial score (nSPS) is 10.4. The third-order valence-corrected chi connectivity index (χ3v) is 1.78. The lowest BCUT2D eigenvalue weighted by molar-refractivity contribution is 1.32. The summed E-state index contributed by atoms with van der Waals surface area (Å²) in [6.45, 7) is 1.97. The van der Waals surface area contributed by atoms with Crippen LogP contribution >= 0.6 is 0 Å². The van der Waals surface area contributed by atoms with E-state index < -0.39 is 0 Å². The Labute approximate surface area is 71.0 Å². The molecule has 1 aromatic heterocycles. The fourth-order valence-electron chi connectivity index (χ4n) is 1.20. The zero-order chi connectivity index (χ0) is 8.55. The highest BCUT2D eigenvalue weighted by atomic mass is 14.7. The van der Waals surface area contributed by atoms with E-state index in [0.29, 0.717) is 0 Å². The van der Waals surface area contributed by atoms with Gasteiger partial charge in [0.15, 0.2) is 0 Å². The molecule has 2 heteroatoms. The highest BCUT2D eigenvalue weighted by molar-refractivity contribution is 5.82. The van der Waals surface area contributed by atoms with Crippen molar-refractivity contribution in [3.05, 3.63) is 36.0 Å². The van der Waals surface area contributed by atoms with Crippen LogP contribution in [0.4, 0.5) is 5.69 Å². The Kier molecular flexibility index (Phi) is 1.47. The molecule has 0 aliphatic heterocycles. The number of nitrogen functional groups attached to an aromatic ring is 1. The van der Waals surface area contributed by atoms with Gasteiger partial charge in [-0.05, 0) is 36.8 Å². The lowest BCUT2D eigenvalue weighted by Gasteiger charge is -1.98. The smallest absolute Gasteiger partial charge is 0.0926 e. The summed E-state index contributed by atoms with van der Waals surface area (Å²) in [5.74, 6) is 0. The molecule has 0 fully saturated rings. The van der Waals surface area contributed by atoms with Crippen LogP contribution in [0.15, 0.2) is 24.3 Å². The molecule has 0 aliphatic carbocycles. The fraction of sp³-hybridized carbons (Fsp3) is 0.100. The number of nitrogens with zero attached hydrogens (tertiary/aromatic N) is 1. The average Bonchev–Trinajstić information content (AvgIpc) is 2.03. The largest absolute Gasteiger partial charge is 0.399 e. The van der Waals surface area contributed by atoms with Gasteiger partial charge in [0.2, 0.25) is 0 Å². The van der Waals surface area contributed by atoms with Gasteiger partial charge in [0, 0.05) is 11.1 Å². The van der Waals surface area contributed by atoms with Gasteiger partial charge in [-0.2, -0.15) is 0 Å². The molecule has 0 atom stereocenters. The molecule has 0 saturated heterocycles. The lowest BCUT2D eigenvalue weighted by atomic mass is 10.1. The molecule has 0 saturated carbocycles. The van der Waals surface area contributed by atoms with E-state index in [1.807, 2.05) is 31.2 Å². The zero-order valence-electron chi connectivity index (χ0n) is 6.83. The highest BCUT2D eigenvalue weighted by Gasteiger charge is 1.94. The van der Waals surface area contributed by atoms with Crippen molar-refractivity contribution >= 4 is 16.6 Å². The summed E-state index contributed by atoms with van der Waals surface area (Å²) in [4.78, 5) is 4.14. The number of aryl methyl sites for hydroxylation is 1. The third kappa shape index (κ3) is 1.11. The van der Waals surface area contributed by atoms with Gasteiger partial charge in [-0.15, -0.1) is 0 Å². The Morgan fingerprint density at radius 2 is 2.17 bits per heavy atom. The molecular formula is C10H9N2. The fourth-order valence-corrected chi connectivity index (χ4v) is 1.20. The van der Waals surface area contributed by atoms with Gasteiger partial charge in [0.05, 0.1) is 11.7 Å². The molecule has 1 heterocycles. The molecule has 0 bridgehead atoms. The van der Waals surface area contributed by atoms with Crippen molar-refractivity contribution in [1.29, 1.82) is 0 Å². The quantitative estimate of drug-likeness (QED) is 0.593. The molecule has 2 aromatic rings. The number of fused-ring (bicyclic) bond motifs is 1. The lowest BCUT2D eigenvalue weighted by Crippen LogP contribution is -1.86. The Morgan fingerprint density at radius 1 is 1.33 bits per heavy atom. The molecule has 12 heavy (non-hydrogen) atoms. The first-order valence-corrected chi connectivity index (χ1v) is 3.80. The summed E-state index contributed by atoms with van der Waals surface area (Å²) >= 11 is 0. The molecule has 1 aromatic carbocycles. The first-order chi connectivity index (χ1) is 5.75. The Balaban J connectivity index is 2.80. The van der Waals surface area contributed by atoms with Gasteiger partial charge in [-0.3, -0.25) is 0 Å². The molecule has 2 rings (SSSR count). The molecule has 2 N–H and O–H groups in total. The summed E-state index contributed by atoms with van der Waals surface area (Å²) in [6, 6.07) is 7.70. The van der Waals surface area contributed by atoms with E-state index in [9.17, 15) is 0 Å². The SMILES string of the molecule is Cc1[c]nc2ccc(N)cc2c1. The highest BCUT2D eigenvalue weighted by Crippen LogP contribution is 2.15. The van der Waals surface area contributed by atoms with E-state index in [4.69, 9.17) is 5.73 Å². The molecule has 0 amide bonds. The third-order valence-electron chi connectivity index (χ3n) is 1.78. The van der Waals surface area contributed by atoms with E-state index in [-0.39, 0.29) is 0 Å². The number of aromatic nitrogens is 1. The van der Waals surface area contributed by atoms with Crippen LogP contribution in [-0.2, 0) is 0 Å². The second kappa shape index (κ2) is 2.48. The van der Waals surface area contributed by atoms with Crippen LogP contribution in [0.5, 0.6) is 0 Å². The van der Waals surface area contributed by atoms with Crippen LogP contribution in [0.25, 0.3) is 10.9 Å². The minimum absolute atomic E-state index is 0.773. The minimum atomic E-state index is 0.773. The van der Waals surface area contributed by atoms with E-state index in [2.05, 4.69) is 11.2 Å². The molecule has 0 spiro atoms. The van der Waals surface area contributed by atoms with Crippen LogP contribution in [0.3, 0.4) is 0 Å². The number of pyridine rings is 1. The molecule has 59 valence electrons. The maximum absolute atomic E-state index is 5.64. The van der Waals surface area contributed by atoms with Crippen molar-refractivity contribution < 1.29 is 0 Å². The first-order valence-electron chi connectivity index (χ1n) is 3.80. The summed E-state index contributed by atoms with van der Waals surface area (Å²) < 4.78 is 0. The van der Waals surface area contributed by atoms with Gasteiger partial charge in [0.1, 0.15) is 0 Å². The van der Waals surface area contributed by atoms with Crippen LogP contribution in [-0.4, -0.2) is 4.98 Å². The van der Waals surface area contributed by atoms with Gasteiger partial charge >= 0.3 is 0 Å². The maximum atomic E-state index is 5.64. The first kappa shape index (κ1) is 7.10. The predicted molar refractivity (Wildman–Crippen MR) is 49.7 cm³/mol. The van der Waals surface area contributed by atoms with Gasteiger partial charge < -0.3 is 5.73 Å². The van der Waals surface area contributed by atoms with Gasteiger partial charge in [-0.1, -0.05) is 0 Å². The van der Waals surface area contributed by atoms with E-state index in [1.54, 1.807) is 0 Å². The molecule has 1 radical (unpaired) electrons. The number of nitrogens with two attached hydrogens (primary N) is 1. The van der Waals surface area contributed by atoms with Crippen molar-refractivity contribution in [2.24, 2.45) is 0 Å². The van der Waals surface area contributed by atoms with Crippen molar-refractivity contribution in [2.75, 3.05) is 5.73 Å². The topological polar surface area (TPSA) is 38.9 Å². The Hall–Kier alpha value is -1.57. The van der Waals surface area contributed by atoms with E-state index in [0.717, 1.165) is 22.2 Å². The standard InChI is InChI=1S/C10H9N2/c1-7-4-8-5-9(11)2-3-10(8)12-6-7/h2-5H,11H2,1H3. The van der Waals surface area contributed by atoms with Gasteiger partial charge in [0.25, 0.3) is 0 Å². The van der Waals surface area contributed by atoms with Crippen LogP contribution < -0.4 is 5.73 Å². The molecule has 0 unspecified atom stereocenters. The second-order valence-electron chi connectivity index (χ2n) is 2.87. The van der Waals surface area contributed by atoms with Crippen molar-refractivity contribution in [3.63, 3.8) is 0 Å². The number of hydrogen-bond donors (Lipinski definition) is 1. The number of rotatable bonds is 0. The summed E-state index contributed by atoms with van der Waals surface area (Å²) in [7, 11) is 0. The Morgan fingerprint density at radius 3 is 3.00 bits per heavy atom. The van der Waals surface area contributed by atoms with Crippen molar-refractivity contribution in [3.8, 4) is 0 Å². The van der Waals surface area contributed by atoms with Crippen LogP contribution in [0.2, 0.25) is 0 Å². The van der Waals surface area contributed by atoms with Crippen molar-refractivity contribution in [1.82, 2.24) is 4.98 Å². The second-order valence-corrected chi connectivity index (χ2v) is 2.87. The number of anilines is 1. The van der Waals surface area contributed by atoms with Crippen molar-refractivity contribution in [2.45, 2.75) is 6.92 Å². The molecular weight excluding hydrogens is 148 g/mol. The minimum Gasteiger partial charge on any atom is -0.399 e.